The second-order valence-electron chi connectivity index (χ2n) is 3.65. The van der Waals surface area contributed by atoms with Crippen LogP contribution >= 0.6 is 11.6 Å². The third kappa shape index (κ3) is 2.84. The monoisotopic (exact) mass is 263 g/mol. The lowest BCUT2D eigenvalue weighted by atomic mass is 10.2. The van der Waals surface area contributed by atoms with Crippen molar-refractivity contribution in [2.75, 3.05) is 24.8 Å². The van der Waals surface area contributed by atoms with Crippen LogP contribution in [0.4, 0.5) is 17.2 Å². The number of hydrogen-bond acceptors (Lipinski definition) is 4. The van der Waals surface area contributed by atoms with Crippen LogP contribution in [0.3, 0.4) is 0 Å². The lowest BCUT2D eigenvalue weighted by Crippen LogP contribution is -1.95. The molecule has 0 radical (unpaired) electrons. The fourth-order valence-electron chi connectivity index (χ4n) is 1.55. The molecule has 18 heavy (non-hydrogen) atoms. The van der Waals surface area contributed by atoms with Gasteiger partial charge in [0.1, 0.15) is 11.6 Å². The Morgan fingerprint density at radius 2 is 1.94 bits per heavy atom. The van der Waals surface area contributed by atoms with Gasteiger partial charge in [-0.25, -0.2) is 4.98 Å². The van der Waals surface area contributed by atoms with Crippen molar-refractivity contribution < 1.29 is 4.74 Å². The van der Waals surface area contributed by atoms with Crippen LogP contribution in [0.25, 0.3) is 0 Å². The van der Waals surface area contributed by atoms with Crippen molar-refractivity contribution >= 4 is 28.8 Å². The van der Waals surface area contributed by atoms with Gasteiger partial charge in [0.05, 0.1) is 12.1 Å². The van der Waals surface area contributed by atoms with E-state index in [-0.39, 0.29) is 0 Å². The molecule has 0 aliphatic rings. The highest BCUT2D eigenvalue weighted by molar-refractivity contribution is 6.32. The summed E-state index contributed by atoms with van der Waals surface area (Å²) in [5, 5.41) is 6.84. The second-order valence-corrected chi connectivity index (χ2v) is 4.06. The van der Waals surface area contributed by atoms with Crippen LogP contribution in [-0.4, -0.2) is 19.1 Å². The van der Waals surface area contributed by atoms with Crippen LogP contribution < -0.4 is 15.4 Å². The first-order chi connectivity index (χ1) is 8.72. The molecule has 1 aromatic carbocycles. The molecule has 1 heterocycles. The predicted molar refractivity (Wildman–Crippen MR) is 75.1 cm³/mol. The highest BCUT2D eigenvalue weighted by Gasteiger charge is 2.02. The van der Waals surface area contributed by atoms with E-state index in [2.05, 4.69) is 15.6 Å². The number of pyridine rings is 1. The zero-order valence-electron chi connectivity index (χ0n) is 10.2. The third-order valence-electron chi connectivity index (χ3n) is 2.46. The summed E-state index contributed by atoms with van der Waals surface area (Å²) in [4.78, 5) is 4.15. The zero-order chi connectivity index (χ0) is 13.0. The van der Waals surface area contributed by atoms with Gasteiger partial charge in [-0.3, -0.25) is 0 Å². The van der Waals surface area contributed by atoms with Gasteiger partial charge in [-0.2, -0.15) is 0 Å². The fraction of sp³-hybridized carbons (Fsp3) is 0.154. The van der Waals surface area contributed by atoms with Gasteiger partial charge in [-0.1, -0.05) is 11.6 Å². The molecule has 0 amide bonds. The van der Waals surface area contributed by atoms with Crippen molar-refractivity contribution in [1.82, 2.24) is 4.98 Å². The van der Waals surface area contributed by atoms with Crippen molar-refractivity contribution in [3.05, 3.63) is 41.6 Å². The molecule has 0 fully saturated rings. The van der Waals surface area contributed by atoms with E-state index in [1.54, 1.807) is 19.4 Å². The smallest absolute Gasteiger partial charge is 0.139 e. The lowest BCUT2D eigenvalue weighted by Gasteiger charge is -2.10. The Bertz CT molecular complexity index is 546. The summed E-state index contributed by atoms with van der Waals surface area (Å²) in [7, 11) is 3.42. The van der Waals surface area contributed by atoms with Crippen molar-refractivity contribution in [2.45, 2.75) is 0 Å². The van der Waals surface area contributed by atoms with Crippen LogP contribution in [0.2, 0.25) is 5.02 Å². The first kappa shape index (κ1) is 12.5. The van der Waals surface area contributed by atoms with Crippen molar-refractivity contribution in [1.29, 1.82) is 0 Å². The summed E-state index contributed by atoms with van der Waals surface area (Å²) in [6, 6.07) is 9.35. The third-order valence-corrected chi connectivity index (χ3v) is 2.77. The molecule has 2 N–H and O–H groups in total. The topological polar surface area (TPSA) is 46.2 Å². The minimum Gasteiger partial charge on any atom is -0.495 e. The molecule has 0 aliphatic carbocycles. The lowest BCUT2D eigenvalue weighted by molar-refractivity contribution is 0.415. The molecule has 94 valence electrons. The van der Waals surface area contributed by atoms with Crippen LogP contribution in [-0.2, 0) is 0 Å². The summed E-state index contributed by atoms with van der Waals surface area (Å²) in [5.74, 6) is 1.45. The molecule has 0 saturated heterocycles. The van der Waals surface area contributed by atoms with Gasteiger partial charge < -0.3 is 15.4 Å². The largest absolute Gasteiger partial charge is 0.495 e. The van der Waals surface area contributed by atoms with Crippen LogP contribution in [0.1, 0.15) is 0 Å². The number of aromatic nitrogens is 1. The molecule has 0 bridgehead atoms. The van der Waals surface area contributed by atoms with Gasteiger partial charge >= 0.3 is 0 Å². The average Bonchev–Trinajstić information content (AvgIpc) is 2.41. The number of nitrogens with one attached hydrogen (secondary N) is 2. The number of benzene rings is 1. The Balaban J connectivity index is 2.22. The zero-order valence-corrected chi connectivity index (χ0v) is 11.0. The Kier molecular flexibility index (Phi) is 3.89. The van der Waals surface area contributed by atoms with E-state index in [0.29, 0.717) is 10.8 Å². The average molecular weight is 264 g/mol. The molecule has 0 unspecified atom stereocenters. The summed E-state index contributed by atoms with van der Waals surface area (Å²) in [6.45, 7) is 0. The first-order valence-corrected chi connectivity index (χ1v) is 5.85. The minimum absolute atomic E-state index is 0.591. The van der Waals surface area contributed by atoms with Crippen molar-refractivity contribution in [2.24, 2.45) is 0 Å². The van der Waals surface area contributed by atoms with E-state index in [9.17, 15) is 0 Å². The minimum atomic E-state index is 0.591. The number of rotatable bonds is 4. The number of halogens is 1. The second kappa shape index (κ2) is 5.60. The van der Waals surface area contributed by atoms with E-state index >= 15 is 0 Å². The molecule has 5 heteroatoms. The van der Waals surface area contributed by atoms with Gasteiger partial charge in [-0.15, -0.1) is 0 Å². The van der Waals surface area contributed by atoms with Gasteiger partial charge in [0, 0.05) is 36.8 Å². The Hall–Kier alpha value is -1.94. The summed E-state index contributed by atoms with van der Waals surface area (Å²) < 4.78 is 5.17. The molecule has 2 aromatic rings. The SMILES string of the molecule is CNc1cc(Nc2ccc(Cl)c(OC)c2)ccn1. The predicted octanol–water partition coefficient (Wildman–Crippen LogP) is 3.53. The highest BCUT2D eigenvalue weighted by Crippen LogP contribution is 2.29. The maximum Gasteiger partial charge on any atom is 0.139 e. The molecule has 0 atom stereocenters. The van der Waals surface area contributed by atoms with E-state index < -0.39 is 0 Å². The maximum atomic E-state index is 5.97. The van der Waals surface area contributed by atoms with Gasteiger partial charge in [0.25, 0.3) is 0 Å². The summed E-state index contributed by atoms with van der Waals surface area (Å²) >= 11 is 5.97. The molecular weight excluding hydrogens is 250 g/mol. The molecule has 0 saturated carbocycles. The molecule has 0 aliphatic heterocycles. The van der Waals surface area contributed by atoms with Crippen molar-refractivity contribution in [3.63, 3.8) is 0 Å². The number of hydrogen-bond donors (Lipinski definition) is 2. The quantitative estimate of drug-likeness (QED) is 0.886. The van der Waals surface area contributed by atoms with E-state index in [0.717, 1.165) is 17.2 Å². The van der Waals surface area contributed by atoms with E-state index in [1.165, 1.54) is 0 Å². The number of nitrogens with zero attached hydrogens (tertiary/aromatic N) is 1. The van der Waals surface area contributed by atoms with E-state index in [4.69, 9.17) is 16.3 Å². The Labute approximate surface area is 111 Å². The molecule has 0 spiro atoms. The Morgan fingerprint density at radius 1 is 1.17 bits per heavy atom. The fourth-order valence-corrected chi connectivity index (χ4v) is 1.74. The summed E-state index contributed by atoms with van der Waals surface area (Å²) in [5.41, 5.74) is 1.85. The molecule has 4 nitrogen and oxygen atoms in total. The van der Waals surface area contributed by atoms with Gasteiger partial charge in [0.15, 0.2) is 0 Å². The van der Waals surface area contributed by atoms with Crippen LogP contribution in [0, 0.1) is 0 Å². The van der Waals surface area contributed by atoms with Gasteiger partial charge in [-0.05, 0) is 18.2 Å². The normalized spacial score (nSPS) is 9.94. The standard InChI is InChI=1S/C13H14ClN3O/c1-15-13-8-10(5-6-16-13)17-9-3-4-11(14)12(7-9)18-2/h3-8H,1-2H3,(H2,15,16,17). The molecular formula is C13H14ClN3O. The molecule has 2 rings (SSSR count). The number of ether oxygens (including phenoxy) is 1. The van der Waals surface area contributed by atoms with E-state index in [1.807, 2.05) is 31.3 Å². The summed E-state index contributed by atoms with van der Waals surface area (Å²) in [6.07, 6.45) is 1.74. The number of methoxy groups -OCH3 is 1. The first-order valence-electron chi connectivity index (χ1n) is 5.47. The van der Waals surface area contributed by atoms with Gasteiger partial charge in [0.2, 0.25) is 0 Å². The van der Waals surface area contributed by atoms with Crippen LogP contribution in [0.15, 0.2) is 36.5 Å². The highest BCUT2D eigenvalue weighted by atomic mass is 35.5. The Morgan fingerprint density at radius 3 is 2.67 bits per heavy atom. The van der Waals surface area contributed by atoms with Crippen molar-refractivity contribution in [3.8, 4) is 5.75 Å². The van der Waals surface area contributed by atoms with Crippen LogP contribution in [0.5, 0.6) is 5.75 Å². The maximum absolute atomic E-state index is 5.97. The number of anilines is 3. The molecule has 1 aromatic heterocycles.